The van der Waals surface area contributed by atoms with Crippen LogP contribution in [0.1, 0.15) is 18.9 Å². The van der Waals surface area contributed by atoms with E-state index in [1.165, 1.54) is 23.9 Å². The minimum Gasteiger partial charge on any atom is -0.483 e. The largest absolute Gasteiger partial charge is 0.483 e. The Morgan fingerprint density at radius 2 is 1.85 bits per heavy atom. The second-order valence-corrected chi connectivity index (χ2v) is 8.93. The van der Waals surface area contributed by atoms with E-state index >= 15 is 0 Å². The first-order valence-electron chi connectivity index (χ1n) is 10.1. The molecule has 168 valence electrons. The number of carbonyl (C=O) groups is 1. The van der Waals surface area contributed by atoms with Gasteiger partial charge in [0.25, 0.3) is 0 Å². The van der Waals surface area contributed by atoms with Crippen molar-refractivity contribution in [1.29, 1.82) is 0 Å². The highest BCUT2D eigenvalue weighted by Crippen LogP contribution is 2.28. The van der Waals surface area contributed by atoms with Crippen molar-refractivity contribution >= 4 is 39.3 Å². The van der Waals surface area contributed by atoms with E-state index in [4.69, 9.17) is 4.74 Å². The summed E-state index contributed by atoms with van der Waals surface area (Å²) in [6.07, 6.45) is -0.465. The van der Waals surface area contributed by atoms with Crippen LogP contribution in [0.25, 0.3) is 5.69 Å². The first kappa shape index (κ1) is 23.0. The molecule has 0 saturated carbocycles. The van der Waals surface area contributed by atoms with Crippen LogP contribution in [-0.4, -0.2) is 26.4 Å². The van der Waals surface area contributed by atoms with Crippen molar-refractivity contribution < 1.29 is 13.9 Å². The third-order valence-corrected chi connectivity index (χ3v) is 6.03. The van der Waals surface area contributed by atoms with E-state index in [2.05, 4.69) is 31.4 Å². The Hall–Kier alpha value is -3.17. The minimum atomic E-state index is -0.465. The van der Waals surface area contributed by atoms with Crippen molar-refractivity contribution in [2.45, 2.75) is 18.2 Å². The maximum atomic E-state index is 13.2. The van der Waals surface area contributed by atoms with Crippen LogP contribution in [0.5, 0.6) is 5.75 Å². The van der Waals surface area contributed by atoms with Crippen LogP contribution >= 0.6 is 27.7 Å². The van der Waals surface area contributed by atoms with Gasteiger partial charge in [-0.05, 0) is 61.5 Å². The molecule has 0 saturated heterocycles. The number of thioether (sulfide) groups is 1. The van der Waals surface area contributed by atoms with Crippen molar-refractivity contribution in [1.82, 2.24) is 14.8 Å². The third kappa shape index (κ3) is 6.00. The Kier molecular flexibility index (Phi) is 7.41. The summed E-state index contributed by atoms with van der Waals surface area (Å²) in [6, 6.07) is 22.8. The molecule has 6 nitrogen and oxygen atoms in total. The lowest BCUT2D eigenvalue weighted by Gasteiger charge is -2.16. The smallest absolute Gasteiger partial charge is 0.234 e. The zero-order chi connectivity index (χ0) is 23.2. The number of ether oxygens (including phenoxy) is 1. The van der Waals surface area contributed by atoms with E-state index in [9.17, 15) is 9.18 Å². The fraction of sp³-hybridized carbons (Fsp3) is 0.125. The Morgan fingerprint density at radius 1 is 1.09 bits per heavy atom. The number of halogens is 2. The van der Waals surface area contributed by atoms with Crippen LogP contribution < -0.4 is 10.1 Å². The maximum Gasteiger partial charge on any atom is 0.234 e. The number of benzene rings is 3. The Labute approximate surface area is 203 Å². The summed E-state index contributed by atoms with van der Waals surface area (Å²) in [6.45, 7) is 1.85. The number of nitrogens with one attached hydrogen (secondary N) is 1. The SMILES string of the molecule is CC(Oc1ccc(F)cc1)c1nnc(SCC(=O)Nc2cccc(Br)c2)n1-c1ccccc1. The highest BCUT2D eigenvalue weighted by atomic mass is 79.9. The highest BCUT2D eigenvalue weighted by Gasteiger charge is 2.21. The predicted octanol–water partition coefficient (Wildman–Crippen LogP) is 6.04. The zero-order valence-corrected chi connectivity index (χ0v) is 20.0. The highest BCUT2D eigenvalue weighted by molar-refractivity contribution is 9.10. The Balaban J connectivity index is 1.53. The van der Waals surface area contributed by atoms with Crippen LogP contribution in [0, 0.1) is 5.82 Å². The van der Waals surface area contributed by atoms with Crippen molar-refractivity contribution in [2.24, 2.45) is 0 Å². The van der Waals surface area contributed by atoms with Gasteiger partial charge in [0, 0.05) is 15.8 Å². The van der Waals surface area contributed by atoms with Gasteiger partial charge in [0.05, 0.1) is 5.75 Å². The molecule has 9 heteroatoms. The first-order chi connectivity index (χ1) is 16.0. The summed E-state index contributed by atoms with van der Waals surface area (Å²) < 4.78 is 21.9. The quantitative estimate of drug-likeness (QED) is 0.283. The molecule has 0 aliphatic rings. The van der Waals surface area contributed by atoms with Crippen LogP contribution in [0.2, 0.25) is 0 Å². The molecule has 1 aromatic heterocycles. The van der Waals surface area contributed by atoms with Gasteiger partial charge in [-0.15, -0.1) is 10.2 Å². The van der Waals surface area contributed by atoms with E-state index < -0.39 is 6.10 Å². The second kappa shape index (κ2) is 10.6. The molecule has 0 fully saturated rings. The molecule has 4 aromatic rings. The van der Waals surface area contributed by atoms with Gasteiger partial charge in [-0.1, -0.05) is 52.0 Å². The number of amides is 1. The fourth-order valence-electron chi connectivity index (χ4n) is 3.12. The summed E-state index contributed by atoms with van der Waals surface area (Å²) >= 11 is 4.68. The predicted molar refractivity (Wildman–Crippen MR) is 130 cm³/mol. The molecule has 0 aliphatic carbocycles. The Bertz CT molecular complexity index is 1230. The Morgan fingerprint density at radius 3 is 2.58 bits per heavy atom. The normalized spacial score (nSPS) is 11.7. The zero-order valence-electron chi connectivity index (χ0n) is 17.6. The lowest BCUT2D eigenvalue weighted by Crippen LogP contribution is -2.15. The molecule has 1 N–H and O–H groups in total. The molecule has 1 heterocycles. The number of para-hydroxylation sites is 1. The van der Waals surface area contributed by atoms with Gasteiger partial charge in [0.2, 0.25) is 5.91 Å². The minimum absolute atomic E-state index is 0.155. The number of anilines is 1. The number of aromatic nitrogens is 3. The topological polar surface area (TPSA) is 69.0 Å². The molecule has 1 amide bonds. The van der Waals surface area contributed by atoms with Crippen LogP contribution in [0.4, 0.5) is 10.1 Å². The second-order valence-electron chi connectivity index (χ2n) is 7.07. The van der Waals surface area contributed by atoms with E-state index in [-0.39, 0.29) is 17.5 Å². The number of rotatable bonds is 8. The van der Waals surface area contributed by atoms with Gasteiger partial charge >= 0.3 is 0 Å². The van der Waals surface area contributed by atoms with Crippen molar-refractivity contribution in [2.75, 3.05) is 11.1 Å². The van der Waals surface area contributed by atoms with Crippen molar-refractivity contribution in [3.05, 3.63) is 95.0 Å². The van der Waals surface area contributed by atoms with E-state index in [0.717, 1.165) is 10.2 Å². The van der Waals surface area contributed by atoms with Gasteiger partial charge in [-0.3, -0.25) is 9.36 Å². The summed E-state index contributed by atoms with van der Waals surface area (Å²) in [7, 11) is 0. The lowest BCUT2D eigenvalue weighted by molar-refractivity contribution is -0.113. The van der Waals surface area contributed by atoms with E-state index in [1.807, 2.05) is 66.1 Å². The number of nitrogens with zero attached hydrogens (tertiary/aromatic N) is 3. The third-order valence-electron chi connectivity index (χ3n) is 4.60. The van der Waals surface area contributed by atoms with Crippen molar-refractivity contribution in [3.63, 3.8) is 0 Å². The molecule has 1 unspecified atom stereocenters. The van der Waals surface area contributed by atoms with Gasteiger partial charge in [-0.25, -0.2) is 4.39 Å². The lowest BCUT2D eigenvalue weighted by atomic mass is 10.3. The van der Waals surface area contributed by atoms with Crippen LogP contribution in [-0.2, 0) is 4.79 Å². The molecule has 0 radical (unpaired) electrons. The molecular weight excluding hydrogens is 507 g/mol. The number of carbonyl (C=O) groups excluding carboxylic acids is 1. The summed E-state index contributed by atoms with van der Waals surface area (Å²) in [5, 5.41) is 12.1. The van der Waals surface area contributed by atoms with Gasteiger partial charge in [-0.2, -0.15) is 0 Å². The molecular formula is C24H20BrFN4O2S. The van der Waals surface area contributed by atoms with E-state index in [1.54, 1.807) is 12.1 Å². The van der Waals surface area contributed by atoms with Crippen LogP contribution in [0.3, 0.4) is 0 Å². The van der Waals surface area contributed by atoms with Gasteiger partial charge < -0.3 is 10.1 Å². The molecule has 0 bridgehead atoms. The number of hydrogen-bond acceptors (Lipinski definition) is 5. The van der Waals surface area contributed by atoms with Gasteiger partial charge in [0.1, 0.15) is 11.6 Å². The molecule has 1 atom stereocenters. The van der Waals surface area contributed by atoms with E-state index in [0.29, 0.717) is 22.4 Å². The van der Waals surface area contributed by atoms with Crippen LogP contribution in [0.15, 0.2) is 88.5 Å². The average molecular weight is 527 g/mol. The standard InChI is InChI=1S/C24H20BrFN4O2S/c1-16(32-21-12-10-18(26)11-13-21)23-28-29-24(30(23)20-8-3-2-4-9-20)33-15-22(31)27-19-7-5-6-17(25)14-19/h2-14,16H,15H2,1H3,(H,27,31). The summed E-state index contributed by atoms with van der Waals surface area (Å²) in [5.74, 6) is 0.764. The number of hydrogen-bond donors (Lipinski definition) is 1. The van der Waals surface area contributed by atoms with Crippen molar-refractivity contribution in [3.8, 4) is 11.4 Å². The average Bonchev–Trinajstić information content (AvgIpc) is 3.24. The maximum absolute atomic E-state index is 13.2. The fourth-order valence-corrected chi connectivity index (χ4v) is 4.28. The summed E-state index contributed by atoms with van der Waals surface area (Å²) in [4.78, 5) is 12.5. The molecule has 4 rings (SSSR count). The summed E-state index contributed by atoms with van der Waals surface area (Å²) in [5.41, 5.74) is 1.56. The molecule has 3 aromatic carbocycles. The van der Waals surface area contributed by atoms with Gasteiger partial charge in [0.15, 0.2) is 17.1 Å². The first-order valence-corrected chi connectivity index (χ1v) is 11.9. The monoisotopic (exact) mass is 526 g/mol. The molecule has 33 heavy (non-hydrogen) atoms. The molecule has 0 aliphatic heterocycles. The molecule has 0 spiro atoms.